The van der Waals surface area contributed by atoms with Crippen molar-refractivity contribution >= 4 is 34.6 Å². The summed E-state index contributed by atoms with van der Waals surface area (Å²) in [4.78, 5) is 33.7. The van der Waals surface area contributed by atoms with Gasteiger partial charge in [-0.3, -0.25) is 4.79 Å². The summed E-state index contributed by atoms with van der Waals surface area (Å²) in [7, 11) is 0. The highest BCUT2D eigenvalue weighted by atomic mass is 32.1. The van der Waals surface area contributed by atoms with Gasteiger partial charge < -0.3 is 25.2 Å². The molecule has 4 rings (SSSR count). The molecule has 1 aromatic carbocycles. The van der Waals surface area contributed by atoms with Gasteiger partial charge in [0.25, 0.3) is 5.91 Å². The van der Waals surface area contributed by atoms with Gasteiger partial charge in [0.1, 0.15) is 5.69 Å². The van der Waals surface area contributed by atoms with E-state index in [9.17, 15) is 9.59 Å². The van der Waals surface area contributed by atoms with Crippen LogP contribution in [0.15, 0.2) is 42.3 Å². The first kappa shape index (κ1) is 22.3. The second kappa shape index (κ2) is 10.6. The average molecular weight is 456 g/mol. The number of piperidine rings is 1. The Hall–Kier alpha value is -2.91. The lowest BCUT2D eigenvalue weighted by atomic mass is 9.98. The maximum absolute atomic E-state index is 12.9. The minimum absolute atomic E-state index is 0.0542. The molecule has 2 aromatic rings. The number of ether oxygens (including phenoxy) is 1. The number of morpholine rings is 1. The molecule has 2 saturated heterocycles. The highest BCUT2D eigenvalue weighted by molar-refractivity contribution is 7.10. The molecule has 170 valence electrons. The summed E-state index contributed by atoms with van der Waals surface area (Å²) in [5, 5.41) is 8.64. The first-order chi connectivity index (χ1) is 15.7. The quantitative estimate of drug-likeness (QED) is 0.653. The molecule has 0 bridgehead atoms. The number of urea groups is 1. The van der Waals surface area contributed by atoms with Gasteiger partial charge in [0.05, 0.1) is 29.6 Å². The number of nitrogens with zero attached hydrogens (tertiary/aromatic N) is 3. The molecule has 0 radical (unpaired) electrons. The SMILES string of the molecule is C=CCNC(=O)N1CCC(c2nc(C(=O)Nc3ccccc3N3CCOCC3)cs2)CC1. The van der Waals surface area contributed by atoms with E-state index in [1.165, 1.54) is 11.3 Å². The number of anilines is 2. The Morgan fingerprint density at radius 2 is 1.94 bits per heavy atom. The zero-order valence-electron chi connectivity index (χ0n) is 18.1. The molecule has 2 N–H and O–H groups in total. The zero-order valence-corrected chi connectivity index (χ0v) is 18.9. The van der Waals surface area contributed by atoms with E-state index < -0.39 is 0 Å². The van der Waals surface area contributed by atoms with E-state index >= 15 is 0 Å². The minimum atomic E-state index is -0.200. The third-order valence-electron chi connectivity index (χ3n) is 5.79. The second-order valence-electron chi connectivity index (χ2n) is 7.88. The van der Waals surface area contributed by atoms with Crippen LogP contribution in [0.2, 0.25) is 0 Å². The molecule has 8 nitrogen and oxygen atoms in total. The van der Waals surface area contributed by atoms with E-state index in [-0.39, 0.29) is 17.9 Å². The van der Waals surface area contributed by atoms with Crippen molar-refractivity contribution in [3.8, 4) is 0 Å². The topological polar surface area (TPSA) is 86.8 Å². The molecule has 0 unspecified atom stereocenters. The minimum Gasteiger partial charge on any atom is -0.378 e. The Morgan fingerprint density at radius 1 is 1.19 bits per heavy atom. The summed E-state index contributed by atoms with van der Waals surface area (Å²) in [5.41, 5.74) is 2.22. The summed E-state index contributed by atoms with van der Waals surface area (Å²) in [6.45, 7) is 8.44. The molecule has 0 spiro atoms. The number of nitrogens with one attached hydrogen (secondary N) is 2. The van der Waals surface area contributed by atoms with Crippen LogP contribution in [-0.2, 0) is 4.74 Å². The van der Waals surface area contributed by atoms with Gasteiger partial charge in [-0.2, -0.15) is 0 Å². The summed E-state index contributed by atoms with van der Waals surface area (Å²) < 4.78 is 5.44. The van der Waals surface area contributed by atoms with Gasteiger partial charge >= 0.3 is 6.03 Å². The predicted octanol–water partition coefficient (Wildman–Crippen LogP) is 3.31. The Balaban J connectivity index is 1.36. The molecule has 0 aliphatic carbocycles. The number of carbonyl (C=O) groups is 2. The van der Waals surface area contributed by atoms with Crippen LogP contribution in [-0.4, -0.2) is 67.8 Å². The van der Waals surface area contributed by atoms with Crippen molar-refractivity contribution in [1.29, 1.82) is 0 Å². The van der Waals surface area contributed by atoms with Crippen molar-refractivity contribution in [2.45, 2.75) is 18.8 Å². The van der Waals surface area contributed by atoms with Gasteiger partial charge in [0.15, 0.2) is 0 Å². The monoisotopic (exact) mass is 455 g/mol. The van der Waals surface area contributed by atoms with Crippen LogP contribution >= 0.6 is 11.3 Å². The Bertz CT molecular complexity index is 949. The van der Waals surface area contributed by atoms with E-state index in [0.29, 0.717) is 38.5 Å². The highest BCUT2D eigenvalue weighted by Crippen LogP contribution is 2.31. The van der Waals surface area contributed by atoms with Gasteiger partial charge in [-0.15, -0.1) is 17.9 Å². The number of para-hydroxylation sites is 2. The van der Waals surface area contributed by atoms with Crippen LogP contribution in [0.3, 0.4) is 0 Å². The highest BCUT2D eigenvalue weighted by Gasteiger charge is 2.26. The number of hydrogen-bond acceptors (Lipinski definition) is 6. The Kier molecular flexibility index (Phi) is 7.39. The van der Waals surface area contributed by atoms with E-state index in [4.69, 9.17) is 4.74 Å². The van der Waals surface area contributed by atoms with Crippen molar-refractivity contribution < 1.29 is 14.3 Å². The number of thiazole rings is 1. The fraction of sp³-hybridized carbons (Fsp3) is 0.435. The maximum Gasteiger partial charge on any atom is 0.317 e. The number of likely N-dealkylation sites (tertiary alicyclic amines) is 1. The molecule has 1 aromatic heterocycles. The third kappa shape index (κ3) is 5.28. The van der Waals surface area contributed by atoms with E-state index in [0.717, 1.165) is 42.3 Å². The molecule has 2 aliphatic rings. The molecular weight excluding hydrogens is 426 g/mol. The maximum atomic E-state index is 12.9. The Morgan fingerprint density at radius 3 is 2.69 bits per heavy atom. The van der Waals surface area contributed by atoms with Crippen LogP contribution in [0.1, 0.15) is 34.3 Å². The Labute approximate surface area is 192 Å². The summed E-state index contributed by atoms with van der Waals surface area (Å²) in [6, 6.07) is 7.79. The van der Waals surface area contributed by atoms with Crippen LogP contribution in [0.4, 0.5) is 16.2 Å². The smallest absolute Gasteiger partial charge is 0.317 e. The van der Waals surface area contributed by atoms with Crippen molar-refractivity contribution in [1.82, 2.24) is 15.2 Å². The molecular formula is C23H29N5O3S. The van der Waals surface area contributed by atoms with Gasteiger partial charge in [0, 0.05) is 44.0 Å². The standard InChI is InChI=1S/C23H29N5O3S/c1-2-9-24-23(30)28-10-7-17(8-11-28)22-26-19(16-32-22)21(29)25-18-5-3-4-6-20(18)27-12-14-31-15-13-27/h2-6,16-17H,1,7-15H2,(H,24,30)(H,25,29). The van der Waals surface area contributed by atoms with Crippen LogP contribution in [0.5, 0.6) is 0 Å². The number of amides is 3. The third-order valence-corrected chi connectivity index (χ3v) is 6.79. The van der Waals surface area contributed by atoms with Crippen molar-refractivity contribution in [2.24, 2.45) is 0 Å². The number of aromatic nitrogens is 1. The summed E-state index contributed by atoms with van der Waals surface area (Å²) in [6.07, 6.45) is 3.36. The van der Waals surface area contributed by atoms with Gasteiger partial charge in [-0.25, -0.2) is 9.78 Å². The number of rotatable bonds is 6. The molecule has 9 heteroatoms. The average Bonchev–Trinajstić information content (AvgIpc) is 3.34. The molecule has 3 amide bonds. The van der Waals surface area contributed by atoms with Crippen LogP contribution in [0, 0.1) is 0 Å². The fourth-order valence-corrected chi connectivity index (χ4v) is 5.00. The lowest BCUT2D eigenvalue weighted by Crippen LogP contribution is -2.44. The fourth-order valence-electron chi connectivity index (χ4n) is 4.03. The van der Waals surface area contributed by atoms with Gasteiger partial charge in [0.2, 0.25) is 0 Å². The van der Waals surface area contributed by atoms with Crippen molar-refractivity contribution in [3.63, 3.8) is 0 Å². The normalized spacial score (nSPS) is 17.1. The molecule has 2 aliphatic heterocycles. The number of hydrogen-bond donors (Lipinski definition) is 2. The molecule has 32 heavy (non-hydrogen) atoms. The lowest BCUT2D eigenvalue weighted by molar-refractivity contribution is 0.102. The molecule has 2 fully saturated rings. The van der Waals surface area contributed by atoms with E-state index in [1.54, 1.807) is 6.08 Å². The molecule has 3 heterocycles. The first-order valence-electron chi connectivity index (χ1n) is 11.0. The molecule has 0 atom stereocenters. The van der Waals surface area contributed by atoms with Crippen molar-refractivity contribution in [2.75, 3.05) is 56.2 Å². The van der Waals surface area contributed by atoms with E-state index in [1.807, 2.05) is 34.5 Å². The van der Waals surface area contributed by atoms with Crippen molar-refractivity contribution in [3.05, 3.63) is 53.0 Å². The first-order valence-corrected chi connectivity index (χ1v) is 11.9. The summed E-state index contributed by atoms with van der Waals surface area (Å²) >= 11 is 1.52. The van der Waals surface area contributed by atoms with Crippen LogP contribution < -0.4 is 15.5 Å². The number of carbonyl (C=O) groups excluding carboxylic acids is 2. The summed E-state index contributed by atoms with van der Waals surface area (Å²) in [5.74, 6) is 0.0695. The second-order valence-corrected chi connectivity index (χ2v) is 8.77. The largest absolute Gasteiger partial charge is 0.378 e. The predicted molar refractivity (Wildman–Crippen MR) is 127 cm³/mol. The molecule has 0 saturated carbocycles. The van der Waals surface area contributed by atoms with Crippen LogP contribution in [0.25, 0.3) is 0 Å². The van der Waals surface area contributed by atoms with Gasteiger partial charge in [-0.05, 0) is 25.0 Å². The van der Waals surface area contributed by atoms with E-state index in [2.05, 4.69) is 27.1 Å². The zero-order chi connectivity index (χ0) is 22.3. The number of benzene rings is 1. The van der Waals surface area contributed by atoms with Gasteiger partial charge in [-0.1, -0.05) is 18.2 Å². The lowest BCUT2D eigenvalue weighted by Gasteiger charge is -2.31.